The van der Waals surface area contributed by atoms with Crippen molar-refractivity contribution in [1.29, 1.82) is 0 Å². The monoisotopic (exact) mass is 420 g/mol. The summed E-state index contributed by atoms with van der Waals surface area (Å²) >= 11 is 0. The summed E-state index contributed by atoms with van der Waals surface area (Å²) < 4.78 is 40.9. The minimum Gasteiger partial charge on any atom is -0.348 e. The number of carbonyl (C=O) groups excluding carboxylic acids is 1. The molecule has 4 rings (SSSR count). The van der Waals surface area contributed by atoms with Crippen molar-refractivity contribution >= 4 is 15.9 Å². The zero-order chi connectivity index (χ0) is 20.4. The van der Waals surface area contributed by atoms with Gasteiger partial charge in [0.1, 0.15) is 11.5 Å². The summed E-state index contributed by atoms with van der Waals surface area (Å²) in [4.78, 5) is 12.5. The second kappa shape index (κ2) is 8.23. The van der Waals surface area contributed by atoms with Gasteiger partial charge in [-0.3, -0.25) is 9.89 Å². The number of hydrogen-bond donors (Lipinski definition) is 2. The lowest BCUT2D eigenvalue weighted by atomic mass is 10.0. The molecule has 1 aliphatic heterocycles. The molecule has 2 fully saturated rings. The molecule has 0 unspecified atom stereocenters. The number of benzene rings is 1. The Morgan fingerprint density at radius 1 is 1.10 bits per heavy atom. The lowest BCUT2D eigenvalue weighted by molar-refractivity contribution is 0.0932. The lowest BCUT2D eigenvalue weighted by Gasteiger charge is -2.33. The number of aromatic amines is 1. The molecule has 0 radical (unpaired) electrons. The van der Waals surface area contributed by atoms with E-state index < -0.39 is 21.9 Å². The van der Waals surface area contributed by atoms with Gasteiger partial charge in [0.15, 0.2) is 0 Å². The quantitative estimate of drug-likeness (QED) is 0.777. The van der Waals surface area contributed by atoms with Gasteiger partial charge in [-0.05, 0) is 56.0 Å². The molecule has 1 atom stereocenters. The van der Waals surface area contributed by atoms with Gasteiger partial charge in [-0.1, -0.05) is 19.3 Å². The highest BCUT2D eigenvalue weighted by molar-refractivity contribution is 7.89. The van der Waals surface area contributed by atoms with Gasteiger partial charge in [-0.15, -0.1) is 0 Å². The number of piperidine rings is 1. The number of halogens is 1. The average molecular weight is 421 g/mol. The number of nitrogens with one attached hydrogen (secondary N) is 2. The van der Waals surface area contributed by atoms with Crippen molar-refractivity contribution < 1.29 is 17.6 Å². The van der Waals surface area contributed by atoms with E-state index >= 15 is 0 Å². The molecule has 1 saturated carbocycles. The number of hydrogen-bond acceptors (Lipinski definition) is 4. The van der Waals surface area contributed by atoms with Crippen LogP contribution in [0, 0.1) is 5.82 Å². The summed E-state index contributed by atoms with van der Waals surface area (Å²) in [5.41, 5.74) is 0.878. The Bertz CT molecular complexity index is 968. The number of sulfonamides is 1. The fraction of sp³-hybridized carbons (Fsp3) is 0.500. The number of carbonyl (C=O) groups is 1. The van der Waals surface area contributed by atoms with Crippen molar-refractivity contribution in [2.75, 3.05) is 6.54 Å². The van der Waals surface area contributed by atoms with Crippen molar-refractivity contribution in [1.82, 2.24) is 19.8 Å². The average Bonchev–Trinajstić information content (AvgIpc) is 3.40. The zero-order valence-corrected chi connectivity index (χ0v) is 16.9. The molecule has 1 aromatic heterocycles. The Morgan fingerprint density at radius 3 is 2.52 bits per heavy atom. The maximum absolute atomic E-state index is 13.2. The molecule has 2 N–H and O–H groups in total. The lowest BCUT2D eigenvalue weighted by Crippen LogP contribution is -2.38. The SMILES string of the molecule is O=C(NC1CCCC1)c1cc([C@@H]2CCCCN2S(=O)(=O)c2ccc(F)cc2)[nH]n1. The van der Waals surface area contributed by atoms with E-state index in [4.69, 9.17) is 0 Å². The van der Waals surface area contributed by atoms with Gasteiger partial charge in [0, 0.05) is 12.6 Å². The van der Waals surface area contributed by atoms with Gasteiger partial charge in [-0.25, -0.2) is 12.8 Å². The van der Waals surface area contributed by atoms with Crippen LogP contribution in [-0.2, 0) is 10.0 Å². The van der Waals surface area contributed by atoms with Crippen LogP contribution >= 0.6 is 0 Å². The molecular formula is C20H25FN4O3S. The molecule has 156 valence electrons. The van der Waals surface area contributed by atoms with Gasteiger partial charge in [0.05, 0.1) is 16.6 Å². The zero-order valence-electron chi connectivity index (χ0n) is 16.1. The summed E-state index contributed by atoms with van der Waals surface area (Å²) in [5, 5.41) is 9.99. The van der Waals surface area contributed by atoms with Crippen LogP contribution in [0.2, 0.25) is 0 Å². The number of aromatic nitrogens is 2. The Balaban J connectivity index is 1.55. The van der Waals surface area contributed by atoms with Crippen molar-refractivity contribution in [2.45, 2.75) is 61.9 Å². The third-order valence-electron chi connectivity index (χ3n) is 5.75. The van der Waals surface area contributed by atoms with E-state index in [0.29, 0.717) is 18.7 Å². The van der Waals surface area contributed by atoms with Crippen LogP contribution < -0.4 is 5.32 Å². The molecular weight excluding hydrogens is 395 g/mol. The first-order valence-electron chi connectivity index (χ1n) is 10.1. The highest BCUT2D eigenvalue weighted by atomic mass is 32.2. The Hall–Kier alpha value is -2.26. The molecule has 29 heavy (non-hydrogen) atoms. The third-order valence-corrected chi connectivity index (χ3v) is 7.68. The molecule has 2 aromatic rings. The third kappa shape index (κ3) is 4.20. The number of rotatable bonds is 5. The first-order valence-corrected chi connectivity index (χ1v) is 11.5. The number of H-pyrrole nitrogens is 1. The largest absolute Gasteiger partial charge is 0.348 e. The topological polar surface area (TPSA) is 95.2 Å². The predicted octanol–water partition coefficient (Wildman–Crippen LogP) is 3.14. The fourth-order valence-electron chi connectivity index (χ4n) is 4.20. The molecule has 1 saturated heterocycles. The maximum Gasteiger partial charge on any atom is 0.271 e. The van der Waals surface area contributed by atoms with Crippen LogP contribution in [-0.4, -0.2) is 41.4 Å². The second-order valence-electron chi connectivity index (χ2n) is 7.74. The van der Waals surface area contributed by atoms with Gasteiger partial charge in [0.25, 0.3) is 5.91 Å². The molecule has 1 aromatic carbocycles. The fourth-order valence-corrected chi connectivity index (χ4v) is 5.87. The van der Waals surface area contributed by atoms with E-state index in [9.17, 15) is 17.6 Å². The van der Waals surface area contributed by atoms with E-state index in [-0.39, 0.29) is 22.5 Å². The van der Waals surface area contributed by atoms with E-state index in [1.165, 1.54) is 16.4 Å². The highest BCUT2D eigenvalue weighted by Gasteiger charge is 2.35. The molecule has 7 nitrogen and oxygen atoms in total. The first kappa shape index (κ1) is 20.0. The van der Waals surface area contributed by atoms with E-state index in [2.05, 4.69) is 15.5 Å². The van der Waals surface area contributed by atoms with Crippen LogP contribution in [0.5, 0.6) is 0 Å². The Kier molecular flexibility index (Phi) is 5.69. The highest BCUT2D eigenvalue weighted by Crippen LogP contribution is 2.35. The van der Waals surface area contributed by atoms with E-state index in [1.54, 1.807) is 6.07 Å². The number of nitrogens with zero attached hydrogens (tertiary/aromatic N) is 2. The van der Waals surface area contributed by atoms with E-state index in [1.807, 2.05) is 0 Å². The van der Waals surface area contributed by atoms with Gasteiger partial charge < -0.3 is 5.32 Å². The summed E-state index contributed by atoms with van der Waals surface area (Å²) in [7, 11) is -3.79. The molecule has 0 bridgehead atoms. The summed E-state index contributed by atoms with van der Waals surface area (Å²) in [6.07, 6.45) is 6.46. The molecule has 2 aliphatic rings. The van der Waals surface area contributed by atoms with Crippen LogP contribution in [0.3, 0.4) is 0 Å². The molecule has 9 heteroatoms. The minimum atomic E-state index is -3.79. The standard InChI is InChI=1S/C20H25FN4O3S/c21-14-8-10-16(11-9-14)29(27,28)25-12-4-3-7-19(25)17-13-18(24-23-17)20(26)22-15-5-1-2-6-15/h8-11,13,15,19H,1-7,12H2,(H,22,26)(H,23,24)/t19-/m0/s1. The Morgan fingerprint density at radius 2 is 1.79 bits per heavy atom. The maximum atomic E-state index is 13.2. The Labute approximate surface area is 169 Å². The number of amides is 1. The second-order valence-corrected chi connectivity index (χ2v) is 9.64. The van der Waals surface area contributed by atoms with Crippen LogP contribution in [0.25, 0.3) is 0 Å². The summed E-state index contributed by atoms with van der Waals surface area (Å²) in [6, 6.07) is 6.26. The van der Waals surface area contributed by atoms with Crippen molar-refractivity contribution in [3.8, 4) is 0 Å². The normalized spacial score (nSPS) is 21.3. The van der Waals surface area contributed by atoms with Gasteiger partial charge >= 0.3 is 0 Å². The van der Waals surface area contributed by atoms with Crippen LogP contribution in [0.4, 0.5) is 4.39 Å². The predicted molar refractivity (Wildman–Crippen MR) is 105 cm³/mol. The molecule has 0 spiro atoms. The van der Waals surface area contributed by atoms with E-state index in [0.717, 1.165) is 50.7 Å². The van der Waals surface area contributed by atoms with Gasteiger partial charge in [-0.2, -0.15) is 9.40 Å². The smallest absolute Gasteiger partial charge is 0.271 e. The first-order chi connectivity index (χ1) is 13.9. The molecule has 1 amide bonds. The van der Waals surface area contributed by atoms with Crippen molar-refractivity contribution in [3.05, 3.63) is 47.5 Å². The molecule has 2 heterocycles. The summed E-state index contributed by atoms with van der Waals surface area (Å²) in [5.74, 6) is -0.714. The van der Waals surface area contributed by atoms with Crippen LogP contribution in [0.15, 0.2) is 35.2 Å². The van der Waals surface area contributed by atoms with Crippen LogP contribution in [0.1, 0.15) is 67.2 Å². The minimum absolute atomic E-state index is 0.0597. The molecule has 1 aliphatic carbocycles. The van der Waals surface area contributed by atoms with Crippen molar-refractivity contribution in [3.63, 3.8) is 0 Å². The van der Waals surface area contributed by atoms with Gasteiger partial charge in [0.2, 0.25) is 10.0 Å². The summed E-state index contributed by atoms with van der Waals surface area (Å²) in [6.45, 7) is 0.368. The van der Waals surface area contributed by atoms with Crippen molar-refractivity contribution in [2.24, 2.45) is 0 Å².